The van der Waals surface area contributed by atoms with Crippen LogP contribution in [0.15, 0.2) is 24.3 Å². The summed E-state index contributed by atoms with van der Waals surface area (Å²) in [6.45, 7) is 7.10. The molecule has 1 saturated carbocycles. The van der Waals surface area contributed by atoms with Gasteiger partial charge in [0.05, 0.1) is 13.1 Å². The molecule has 3 aliphatic rings. The molecule has 0 atom stereocenters. The molecule has 29 heavy (non-hydrogen) atoms. The second kappa shape index (κ2) is 9.09. The van der Waals surface area contributed by atoms with E-state index in [0.29, 0.717) is 32.2 Å². The molecule has 0 unspecified atom stereocenters. The van der Waals surface area contributed by atoms with Gasteiger partial charge in [0, 0.05) is 64.1 Å². The van der Waals surface area contributed by atoms with E-state index in [-0.39, 0.29) is 17.6 Å². The minimum Gasteiger partial charge on any atom is -0.368 e. The lowest BCUT2D eigenvalue weighted by molar-refractivity contribution is -0.133. The van der Waals surface area contributed by atoms with Gasteiger partial charge >= 0.3 is 0 Å². The molecule has 1 aromatic carbocycles. The summed E-state index contributed by atoms with van der Waals surface area (Å²) < 4.78 is 13.1. The fraction of sp³-hybridized carbons (Fsp3) is 0.619. The Morgan fingerprint density at radius 3 is 2.03 bits per heavy atom. The first-order chi connectivity index (χ1) is 14.1. The molecule has 2 saturated heterocycles. The lowest BCUT2D eigenvalue weighted by Gasteiger charge is -2.38. The van der Waals surface area contributed by atoms with Crippen LogP contribution in [0.3, 0.4) is 0 Å². The van der Waals surface area contributed by atoms with Crippen LogP contribution >= 0.6 is 0 Å². The molecule has 1 aliphatic carbocycles. The molecule has 2 amide bonds. The van der Waals surface area contributed by atoms with Gasteiger partial charge in [-0.2, -0.15) is 0 Å². The summed E-state index contributed by atoms with van der Waals surface area (Å²) >= 11 is 0. The Bertz CT molecular complexity index is 708. The normalized spacial score (nSPS) is 21.3. The summed E-state index contributed by atoms with van der Waals surface area (Å²) in [7, 11) is 0. The number of hydrogen-bond donors (Lipinski definition) is 1. The standard InChI is InChI=1S/C21H30FN5O2/c22-17-1-5-19(6-2-17)26-11-13-27(14-12-26)21(29)16-25-9-7-24(8-10-25)15-20(28)23-18-3-4-18/h1-2,5-6,18H,3-4,7-16H2,(H,23,28). The van der Waals surface area contributed by atoms with Crippen molar-refractivity contribution >= 4 is 17.5 Å². The highest BCUT2D eigenvalue weighted by atomic mass is 19.1. The molecule has 3 fully saturated rings. The van der Waals surface area contributed by atoms with Crippen molar-refractivity contribution in [2.45, 2.75) is 18.9 Å². The van der Waals surface area contributed by atoms with Gasteiger partial charge in [0.2, 0.25) is 11.8 Å². The number of nitrogens with zero attached hydrogens (tertiary/aromatic N) is 4. The third-order valence-electron chi connectivity index (χ3n) is 5.96. The molecule has 1 aromatic rings. The van der Waals surface area contributed by atoms with Crippen molar-refractivity contribution < 1.29 is 14.0 Å². The number of carbonyl (C=O) groups is 2. The summed E-state index contributed by atoms with van der Waals surface area (Å²) in [4.78, 5) is 33.1. The number of rotatable bonds is 6. The van der Waals surface area contributed by atoms with Crippen LogP contribution < -0.4 is 10.2 Å². The van der Waals surface area contributed by atoms with E-state index in [1.807, 2.05) is 4.90 Å². The van der Waals surface area contributed by atoms with Gasteiger partial charge in [-0.3, -0.25) is 19.4 Å². The van der Waals surface area contributed by atoms with E-state index in [9.17, 15) is 14.0 Å². The number of benzene rings is 1. The minimum absolute atomic E-state index is 0.121. The zero-order valence-corrected chi connectivity index (χ0v) is 16.9. The zero-order chi connectivity index (χ0) is 20.2. The van der Waals surface area contributed by atoms with Crippen LogP contribution in [0.25, 0.3) is 0 Å². The van der Waals surface area contributed by atoms with Crippen molar-refractivity contribution in [3.8, 4) is 0 Å². The van der Waals surface area contributed by atoms with E-state index in [4.69, 9.17) is 0 Å². The number of nitrogens with one attached hydrogen (secondary N) is 1. The van der Waals surface area contributed by atoms with Crippen molar-refractivity contribution in [2.75, 3.05) is 70.3 Å². The Morgan fingerprint density at radius 2 is 1.45 bits per heavy atom. The number of anilines is 1. The highest BCUT2D eigenvalue weighted by Gasteiger charge is 2.27. The van der Waals surface area contributed by atoms with Crippen LogP contribution in [0.4, 0.5) is 10.1 Å². The summed E-state index contributed by atoms with van der Waals surface area (Å²) in [5, 5.41) is 3.03. The molecular weight excluding hydrogens is 373 g/mol. The van der Waals surface area contributed by atoms with Crippen LogP contribution in [0, 0.1) is 5.82 Å². The van der Waals surface area contributed by atoms with E-state index in [2.05, 4.69) is 20.0 Å². The Balaban J connectivity index is 1.16. The lowest BCUT2D eigenvalue weighted by atomic mass is 10.2. The fourth-order valence-electron chi connectivity index (χ4n) is 3.97. The summed E-state index contributed by atoms with van der Waals surface area (Å²) in [6.07, 6.45) is 2.22. The molecule has 0 bridgehead atoms. The number of amides is 2. The predicted molar refractivity (Wildman–Crippen MR) is 109 cm³/mol. The average molecular weight is 404 g/mol. The van der Waals surface area contributed by atoms with Gasteiger partial charge in [0.15, 0.2) is 0 Å². The van der Waals surface area contributed by atoms with Gasteiger partial charge in [0.1, 0.15) is 5.82 Å². The van der Waals surface area contributed by atoms with E-state index in [1.54, 1.807) is 12.1 Å². The number of piperazine rings is 2. The first-order valence-electron chi connectivity index (χ1n) is 10.6. The van der Waals surface area contributed by atoms with Crippen molar-refractivity contribution in [3.63, 3.8) is 0 Å². The Kier molecular flexibility index (Phi) is 6.30. The maximum atomic E-state index is 13.1. The largest absolute Gasteiger partial charge is 0.368 e. The molecule has 0 spiro atoms. The van der Waals surface area contributed by atoms with E-state index < -0.39 is 0 Å². The van der Waals surface area contributed by atoms with Crippen LogP contribution in [0.2, 0.25) is 0 Å². The Labute approximate surface area is 171 Å². The SMILES string of the molecule is O=C(CN1CCN(CC(=O)N2CCN(c3ccc(F)cc3)CC2)CC1)NC1CC1. The number of carbonyl (C=O) groups excluding carboxylic acids is 2. The molecule has 4 rings (SSSR count). The van der Waals surface area contributed by atoms with E-state index in [1.165, 1.54) is 12.1 Å². The van der Waals surface area contributed by atoms with Gasteiger partial charge in [-0.05, 0) is 37.1 Å². The fourth-order valence-corrected chi connectivity index (χ4v) is 3.97. The summed E-state index contributed by atoms with van der Waals surface area (Å²) in [5.74, 6) is 0.0611. The molecule has 1 N–H and O–H groups in total. The van der Waals surface area contributed by atoms with E-state index in [0.717, 1.165) is 57.8 Å². The van der Waals surface area contributed by atoms with Crippen molar-refractivity contribution in [2.24, 2.45) is 0 Å². The Morgan fingerprint density at radius 1 is 0.862 bits per heavy atom. The summed E-state index contributed by atoms with van der Waals surface area (Å²) in [5.41, 5.74) is 1.00. The Hall–Kier alpha value is -2.19. The van der Waals surface area contributed by atoms with Gasteiger partial charge in [0.25, 0.3) is 0 Å². The van der Waals surface area contributed by atoms with Crippen LogP contribution in [0.5, 0.6) is 0 Å². The molecule has 0 aromatic heterocycles. The highest BCUT2D eigenvalue weighted by Crippen LogP contribution is 2.19. The first-order valence-corrected chi connectivity index (χ1v) is 10.6. The van der Waals surface area contributed by atoms with Gasteiger partial charge in [-0.25, -0.2) is 4.39 Å². The van der Waals surface area contributed by atoms with Crippen molar-refractivity contribution in [1.29, 1.82) is 0 Å². The summed E-state index contributed by atoms with van der Waals surface area (Å²) in [6, 6.07) is 6.93. The molecule has 2 heterocycles. The highest BCUT2D eigenvalue weighted by molar-refractivity contribution is 5.79. The van der Waals surface area contributed by atoms with Crippen molar-refractivity contribution in [1.82, 2.24) is 20.0 Å². The number of halogens is 1. The zero-order valence-electron chi connectivity index (χ0n) is 16.9. The lowest BCUT2D eigenvalue weighted by Crippen LogP contribution is -2.54. The predicted octanol–water partition coefficient (Wildman–Crippen LogP) is 0.371. The van der Waals surface area contributed by atoms with Gasteiger partial charge < -0.3 is 15.1 Å². The third kappa shape index (κ3) is 5.67. The van der Waals surface area contributed by atoms with E-state index >= 15 is 0 Å². The molecule has 8 heteroatoms. The second-order valence-corrected chi connectivity index (χ2v) is 8.24. The molecular formula is C21H30FN5O2. The quantitative estimate of drug-likeness (QED) is 0.744. The maximum Gasteiger partial charge on any atom is 0.236 e. The van der Waals surface area contributed by atoms with Gasteiger partial charge in [-0.1, -0.05) is 0 Å². The molecule has 158 valence electrons. The van der Waals surface area contributed by atoms with Crippen LogP contribution in [-0.2, 0) is 9.59 Å². The molecule has 7 nitrogen and oxygen atoms in total. The topological polar surface area (TPSA) is 59.1 Å². The van der Waals surface area contributed by atoms with Crippen LogP contribution in [-0.4, -0.2) is 98.0 Å². The molecule has 2 aliphatic heterocycles. The molecule has 0 radical (unpaired) electrons. The average Bonchev–Trinajstić information content (AvgIpc) is 3.54. The van der Waals surface area contributed by atoms with Crippen molar-refractivity contribution in [3.05, 3.63) is 30.1 Å². The maximum absolute atomic E-state index is 13.1. The smallest absolute Gasteiger partial charge is 0.236 e. The first kappa shape index (κ1) is 20.1. The third-order valence-corrected chi connectivity index (χ3v) is 5.96. The minimum atomic E-state index is -0.230. The second-order valence-electron chi connectivity index (χ2n) is 8.24. The van der Waals surface area contributed by atoms with Crippen LogP contribution in [0.1, 0.15) is 12.8 Å². The van der Waals surface area contributed by atoms with Gasteiger partial charge in [-0.15, -0.1) is 0 Å². The monoisotopic (exact) mass is 403 g/mol. The number of hydrogen-bond acceptors (Lipinski definition) is 5.